The summed E-state index contributed by atoms with van der Waals surface area (Å²) in [6.07, 6.45) is 1.43. The van der Waals surface area contributed by atoms with Crippen LogP contribution in [0.25, 0.3) is 0 Å². The number of rotatable bonds is 4. The van der Waals surface area contributed by atoms with E-state index < -0.39 is 5.97 Å². The largest absolute Gasteiger partial charge is 0.486 e. The molecule has 0 aliphatic heterocycles. The maximum Gasteiger partial charge on any atom is 0.358 e. The standard InChI is InChI=1S/C14H13NO3/c1-10-4-6-11(7-5-10)9-18-12-3-2-8-15-13(12)14(16)17/h2-8H,9H2,1H3,(H,16,17). The van der Waals surface area contributed by atoms with Crippen molar-refractivity contribution >= 4 is 5.97 Å². The van der Waals surface area contributed by atoms with Crippen LogP contribution in [-0.4, -0.2) is 16.1 Å². The molecule has 0 atom stereocenters. The van der Waals surface area contributed by atoms with E-state index in [1.165, 1.54) is 11.8 Å². The maximum absolute atomic E-state index is 10.9. The van der Waals surface area contributed by atoms with Gasteiger partial charge < -0.3 is 9.84 Å². The van der Waals surface area contributed by atoms with E-state index in [4.69, 9.17) is 9.84 Å². The number of aryl methyl sites for hydroxylation is 1. The number of benzene rings is 1. The molecule has 0 spiro atoms. The highest BCUT2D eigenvalue weighted by atomic mass is 16.5. The van der Waals surface area contributed by atoms with Crippen molar-refractivity contribution < 1.29 is 14.6 Å². The van der Waals surface area contributed by atoms with E-state index in [1.54, 1.807) is 12.1 Å². The summed E-state index contributed by atoms with van der Waals surface area (Å²) < 4.78 is 5.48. The van der Waals surface area contributed by atoms with Crippen LogP contribution in [0.4, 0.5) is 0 Å². The lowest BCUT2D eigenvalue weighted by Crippen LogP contribution is -2.05. The van der Waals surface area contributed by atoms with Gasteiger partial charge >= 0.3 is 5.97 Å². The molecule has 0 aliphatic rings. The number of aromatic carboxylic acids is 1. The fourth-order valence-electron chi connectivity index (χ4n) is 1.51. The normalized spacial score (nSPS) is 10.1. The average molecular weight is 243 g/mol. The van der Waals surface area contributed by atoms with E-state index in [1.807, 2.05) is 31.2 Å². The first-order valence-corrected chi connectivity index (χ1v) is 5.53. The molecule has 1 aromatic heterocycles. The lowest BCUT2D eigenvalue weighted by atomic mass is 10.2. The molecule has 1 aromatic carbocycles. The number of hydrogen-bond acceptors (Lipinski definition) is 3. The minimum absolute atomic E-state index is 0.0652. The van der Waals surface area contributed by atoms with Gasteiger partial charge in [-0.2, -0.15) is 0 Å². The predicted octanol–water partition coefficient (Wildman–Crippen LogP) is 2.67. The topological polar surface area (TPSA) is 59.4 Å². The second-order valence-corrected chi connectivity index (χ2v) is 3.93. The number of aromatic nitrogens is 1. The van der Waals surface area contributed by atoms with E-state index >= 15 is 0 Å². The van der Waals surface area contributed by atoms with Crippen molar-refractivity contribution in [2.45, 2.75) is 13.5 Å². The number of carbonyl (C=O) groups is 1. The second kappa shape index (κ2) is 5.31. The molecule has 0 unspecified atom stereocenters. The van der Waals surface area contributed by atoms with Gasteiger partial charge in [-0.1, -0.05) is 29.8 Å². The summed E-state index contributed by atoms with van der Waals surface area (Å²) in [4.78, 5) is 14.7. The molecule has 2 rings (SSSR count). The van der Waals surface area contributed by atoms with Crippen molar-refractivity contribution in [2.24, 2.45) is 0 Å². The Kier molecular flexibility index (Phi) is 3.57. The molecule has 0 saturated heterocycles. The van der Waals surface area contributed by atoms with Crippen LogP contribution in [0, 0.1) is 6.92 Å². The number of pyridine rings is 1. The van der Waals surface area contributed by atoms with Gasteiger partial charge in [-0.05, 0) is 24.6 Å². The molecule has 18 heavy (non-hydrogen) atoms. The smallest absolute Gasteiger partial charge is 0.358 e. The molecule has 4 nitrogen and oxygen atoms in total. The van der Waals surface area contributed by atoms with Crippen LogP contribution in [0.2, 0.25) is 0 Å². The molecule has 0 radical (unpaired) electrons. The van der Waals surface area contributed by atoms with Gasteiger partial charge in [0.05, 0.1) is 0 Å². The number of ether oxygens (including phenoxy) is 1. The monoisotopic (exact) mass is 243 g/mol. The summed E-state index contributed by atoms with van der Waals surface area (Å²) in [5, 5.41) is 8.96. The van der Waals surface area contributed by atoms with Crippen molar-refractivity contribution in [3.63, 3.8) is 0 Å². The Balaban J connectivity index is 2.10. The number of hydrogen-bond donors (Lipinski definition) is 1. The third-order valence-electron chi connectivity index (χ3n) is 2.49. The zero-order valence-corrected chi connectivity index (χ0v) is 9.96. The fraction of sp³-hybridized carbons (Fsp3) is 0.143. The van der Waals surface area contributed by atoms with E-state index in [0.29, 0.717) is 6.61 Å². The van der Waals surface area contributed by atoms with Crippen molar-refractivity contribution in [3.8, 4) is 5.75 Å². The van der Waals surface area contributed by atoms with Gasteiger partial charge in [0.15, 0.2) is 11.4 Å². The minimum atomic E-state index is -1.09. The molecule has 4 heteroatoms. The first kappa shape index (κ1) is 12.1. The first-order chi connectivity index (χ1) is 8.66. The number of carboxylic acids is 1. The Morgan fingerprint density at radius 2 is 2.00 bits per heavy atom. The second-order valence-electron chi connectivity index (χ2n) is 3.93. The van der Waals surface area contributed by atoms with Gasteiger partial charge in [0.2, 0.25) is 0 Å². The third-order valence-corrected chi connectivity index (χ3v) is 2.49. The molecular weight excluding hydrogens is 230 g/mol. The molecule has 92 valence electrons. The number of nitrogens with zero attached hydrogens (tertiary/aromatic N) is 1. The summed E-state index contributed by atoms with van der Waals surface area (Å²) in [7, 11) is 0. The molecule has 2 aromatic rings. The lowest BCUT2D eigenvalue weighted by molar-refractivity contribution is 0.0685. The van der Waals surface area contributed by atoms with Crippen LogP contribution in [0.1, 0.15) is 21.6 Å². The van der Waals surface area contributed by atoms with E-state index in [9.17, 15) is 4.79 Å². The Labute approximate surface area is 105 Å². The minimum Gasteiger partial charge on any atom is -0.486 e. The molecule has 0 bridgehead atoms. The maximum atomic E-state index is 10.9. The summed E-state index contributed by atoms with van der Waals surface area (Å²) in [6, 6.07) is 11.1. The van der Waals surface area contributed by atoms with Crippen LogP contribution in [-0.2, 0) is 6.61 Å². The van der Waals surface area contributed by atoms with E-state index in [2.05, 4.69) is 4.98 Å². The third kappa shape index (κ3) is 2.85. The Morgan fingerprint density at radius 3 is 2.67 bits per heavy atom. The van der Waals surface area contributed by atoms with Crippen LogP contribution in [0.15, 0.2) is 42.6 Å². The van der Waals surface area contributed by atoms with Crippen molar-refractivity contribution in [3.05, 3.63) is 59.4 Å². The Morgan fingerprint density at radius 1 is 1.28 bits per heavy atom. The van der Waals surface area contributed by atoms with Gasteiger partial charge in [0.25, 0.3) is 0 Å². The molecule has 1 heterocycles. The van der Waals surface area contributed by atoms with Crippen LogP contribution in [0.3, 0.4) is 0 Å². The molecule has 0 amide bonds. The van der Waals surface area contributed by atoms with E-state index in [0.717, 1.165) is 5.56 Å². The SMILES string of the molecule is Cc1ccc(COc2cccnc2C(=O)O)cc1. The Hall–Kier alpha value is -2.36. The first-order valence-electron chi connectivity index (χ1n) is 5.53. The summed E-state index contributed by atoms with van der Waals surface area (Å²) >= 11 is 0. The molecule has 0 saturated carbocycles. The molecule has 1 N–H and O–H groups in total. The highest BCUT2D eigenvalue weighted by Crippen LogP contribution is 2.17. The highest BCUT2D eigenvalue weighted by molar-refractivity contribution is 5.88. The zero-order chi connectivity index (χ0) is 13.0. The van der Waals surface area contributed by atoms with Crippen LogP contribution in [0.5, 0.6) is 5.75 Å². The summed E-state index contributed by atoms with van der Waals surface area (Å²) in [6.45, 7) is 2.33. The summed E-state index contributed by atoms with van der Waals surface area (Å²) in [5.41, 5.74) is 2.09. The van der Waals surface area contributed by atoms with Gasteiger partial charge in [-0.15, -0.1) is 0 Å². The van der Waals surface area contributed by atoms with Crippen LogP contribution >= 0.6 is 0 Å². The van der Waals surface area contributed by atoms with Crippen LogP contribution < -0.4 is 4.74 Å². The summed E-state index contributed by atoms with van der Waals surface area (Å²) in [5.74, 6) is -0.805. The van der Waals surface area contributed by atoms with Gasteiger partial charge in [0, 0.05) is 6.20 Å². The van der Waals surface area contributed by atoms with Gasteiger partial charge in [-0.3, -0.25) is 0 Å². The number of carboxylic acid groups (broad SMARTS) is 1. The van der Waals surface area contributed by atoms with E-state index in [-0.39, 0.29) is 11.4 Å². The van der Waals surface area contributed by atoms with Crippen molar-refractivity contribution in [1.29, 1.82) is 0 Å². The fourth-order valence-corrected chi connectivity index (χ4v) is 1.51. The molecule has 0 aliphatic carbocycles. The molecular formula is C14H13NO3. The zero-order valence-electron chi connectivity index (χ0n) is 9.96. The average Bonchev–Trinajstić information content (AvgIpc) is 2.38. The molecule has 0 fully saturated rings. The van der Waals surface area contributed by atoms with Crippen molar-refractivity contribution in [2.75, 3.05) is 0 Å². The van der Waals surface area contributed by atoms with Crippen molar-refractivity contribution in [1.82, 2.24) is 4.98 Å². The quantitative estimate of drug-likeness (QED) is 0.896. The van der Waals surface area contributed by atoms with Gasteiger partial charge in [-0.25, -0.2) is 9.78 Å². The Bertz CT molecular complexity index is 549. The highest BCUT2D eigenvalue weighted by Gasteiger charge is 2.11. The predicted molar refractivity (Wildman–Crippen MR) is 66.7 cm³/mol. The lowest BCUT2D eigenvalue weighted by Gasteiger charge is -2.08. The van der Waals surface area contributed by atoms with Gasteiger partial charge in [0.1, 0.15) is 6.61 Å².